The first kappa shape index (κ1) is 18.7. The Morgan fingerprint density at radius 3 is 2.57 bits per heavy atom. The number of thiophene rings is 1. The Hall–Kier alpha value is -2.70. The van der Waals surface area contributed by atoms with Gasteiger partial charge in [-0.1, -0.05) is 59.8 Å². The molecule has 2 aromatic carbocycles. The summed E-state index contributed by atoms with van der Waals surface area (Å²) in [5.41, 5.74) is 3.92. The lowest BCUT2D eigenvalue weighted by Gasteiger charge is -2.10. The first-order chi connectivity index (χ1) is 13.6. The third kappa shape index (κ3) is 3.79. The summed E-state index contributed by atoms with van der Waals surface area (Å²) in [6.45, 7) is 4.01. The van der Waals surface area contributed by atoms with E-state index in [0.717, 1.165) is 33.1 Å². The zero-order valence-corrected chi connectivity index (χ0v) is 17.3. The Balaban J connectivity index is 1.64. The second kappa shape index (κ2) is 8.12. The lowest BCUT2D eigenvalue weighted by atomic mass is 10.0. The lowest BCUT2D eigenvalue weighted by Crippen LogP contribution is -2.06. The fraction of sp³-hybridized carbons (Fsp3) is 0.136. The fourth-order valence-electron chi connectivity index (χ4n) is 3.07. The van der Waals surface area contributed by atoms with E-state index in [1.54, 1.807) is 11.3 Å². The summed E-state index contributed by atoms with van der Waals surface area (Å²) >= 11 is 3.04. The minimum absolute atomic E-state index is 0.0998. The summed E-state index contributed by atoms with van der Waals surface area (Å²) < 4.78 is 2.02. The van der Waals surface area contributed by atoms with Crippen molar-refractivity contribution in [1.29, 1.82) is 0 Å². The molecule has 140 valence electrons. The van der Waals surface area contributed by atoms with Crippen molar-refractivity contribution in [2.75, 3.05) is 5.75 Å². The highest BCUT2D eigenvalue weighted by atomic mass is 32.2. The van der Waals surface area contributed by atoms with Gasteiger partial charge in [-0.15, -0.1) is 21.5 Å². The molecule has 0 aliphatic heterocycles. The van der Waals surface area contributed by atoms with E-state index in [-0.39, 0.29) is 5.78 Å². The van der Waals surface area contributed by atoms with Gasteiger partial charge in [0.1, 0.15) is 0 Å². The number of para-hydroxylation sites is 1. The van der Waals surface area contributed by atoms with Gasteiger partial charge >= 0.3 is 0 Å². The zero-order valence-electron chi connectivity index (χ0n) is 15.6. The van der Waals surface area contributed by atoms with Crippen LogP contribution in [0.1, 0.15) is 21.5 Å². The van der Waals surface area contributed by atoms with Crippen LogP contribution in [0.15, 0.2) is 71.2 Å². The van der Waals surface area contributed by atoms with Gasteiger partial charge in [-0.2, -0.15) is 0 Å². The Morgan fingerprint density at radius 1 is 1.04 bits per heavy atom. The summed E-state index contributed by atoms with van der Waals surface area (Å²) in [5, 5.41) is 11.5. The molecule has 2 heterocycles. The van der Waals surface area contributed by atoms with Crippen LogP contribution in [-0.2, 0) is 0 Å². The van der Waals surface area contributed by atoms with Gasteiger partial charge in [0.25, 0.3) is 0 Å². The molecule has 6 heteroatoms. The van der Waals surface area contributed by atoms with Gasteiger partial charge in [-0.25, -0.2) is 0 Å². The van der Waals surface area contributed by atoms with Crippen molar-refractivity contribution in [3.63, 3.8) is 0 Å². The van der Waals surface area contributed by atoms with E-state index < -0.39 is 0 Å². The van der Waals surface area contributed by atoms with Crippen LogP contribution in [0.25, 0.3) is 16.4 Å². The third-order valence-electron chi connectivity index (χ3n) is 4.40. The molecule has 0 radical (unpaired) electrons. The van der Waals surface area contributed by atoms with Crippen LogP contribution in [0.4, 0.5) is 0 Å². The SMILES string of the molecule is Cc1ccc(C(=O)CSc2nnc(-c3cccs3)n2-c2ccccc2)c(C)c1. The molecule has 0 fully saturated rings. The molecule has 0 amide bonds. The quantitative estimate of drug-likeness (QED) is 0.310. The van der Waals surface area contributed by atoms with Crippen LogP contribution in [0.5, 0.6) is 0 Å². The topological polar surface area (TPSA) is 47.8 Å². The first-order valence-electron chi connectivity index (χ1n) is 8.91. The minimum atomic E-state index is 0.0998. The van der Waals surface area contributed by atoms with Crippen LogP contribution in [0.2, 0.25) is 0 Å². The van der Waals surface area contributed by atoms with Gasteiger partial charge in [-0.3, -0.25) is 9.36 Å². The van der Waals surface area contributed by atoms with Crippen molar-refractivity contribution in [3.8, 4) is 16.4 Å². The lowest BCUT2D eigenvalue weighted by molar-refractivity contribution is 0.102. The number of benzene rings is 2. The second-order valence-corrected chi connectivity index (χ2v) is 8.37. The molecule has 4 aromatic rings. The predicted octanol–water partition coefficient (Wildman–Crippen LogP) is 5.59. The number of aromatic nitrogens is 3. The number of rotatable bonds is 6. The Kier molecular flexibility index (Phi) is 5.41. The fourth-order valence-corrected chi connectivity index (χ4v) is 4.61. The van der Waals surface area contributed by atoms with Crippen molar-refractivity contribution >= 4 is 28.9 Å². The summed E-state index contributed by atoms with van der Waals surface area (Å²) in [5.74, 6) is 1.21. The highest BCUT2D eigenvalue weighted by Crippen LogP contribution is 2.30. The van der Waals surface area contributed by atoms with E-state index in [9.17, 15) is 4.79 Å². The average Bonchev–Trinajstić information content (AvgIpc) is 3.36. The molecular weight excluding hydrogens is 386 g/mol. The standard InChI is InChI=1S/C22H19N3OS2/c1-15-10-11-18(16(2)13-15)19(26)14-28-22-24-23-21(20-9-6-12-27-20)25(22)17-7-4-3-5-8-17/h3-13H,14H2,1-2H3. The van der Waals surface area contributed by atoms with Gasteiger partial charge < -0.3 is 0 Å². The third-order valence-corrected chi connectivity index (χ3v) is 6.20. The molecule has 0 saturated heterocycles. The molecule has 4 rings (SSSR count). The molecule has 0 N–H and O–H groups in total. The summed E-state index contributed by atoms with van der Waals surface area (Å²) in [6.07, 6.45) is 0. The monoisotopic (exact) mass is 405 g/mol. The van der Waals surface area contributed by atoms with Crippen molar-refractivity contribution in [2.45, 2.75) is 19.0 Å². The number of hydrogen-bond donors (Lipinski definition) is 0. The van der Waals surface area contributed by atoms with E-state index in [4.69, 9.17) is 0 Å². The maximum Gasteiger partial charge on any atom is 0.196 e. The van der Waals surface area contributed by atoms with E-state index in [1.165, 1.54) is 11.8 Å². The molecule has 0 aliphatic carbocycles. The number of hydrogen-bond acceptors (Lipinski definition) is 5. The molecule has 0 unspecified atom stereocenters. The Morgan fingerprint density at radius 2 is 1.86 bits per heavy atom. The predicted molar refractivity (Wildman–Crippen MR) is 116 cm³/mol. The van der Waals surface area contributed by atoms with E-state index >= 15 is 0 Å². The normalized spacial score (nSPS) is 10.9. The molecule has 0 bridgehead atoms. The van der Waals surface area contributed by atoms with Crippen LogP contribution in [0.3, 0.4) is 0 Å². The zero-order chi connectivity index (χ0) is 19.5. The van der Waals surface area contributed by atoms with Crippen LogP contribution in [-0.4, -0.2) is 26.3 Å². The molecular formula is C22H19N3OS2. The number of aryl methyl sites for hydroxylation is 2. The Bertz CT molecular complexity index is 1100. The van der Waals surface area contributed by atoms with Gasteiger partial charge in [0.05, 0.1) is 10.6 Å². The molecule has 0 aliphatic rings. The molecule has 0 spiro atoms. The first-order valence-corrected chi connectivity index (χ1v) is 10.8. The van der Waals surface area contributed by atoms with E-state index in [2.05, 4.69) is 10.2 Å². The van der Waals surface area contributed by atoms with E-state index in [1.807, 2.05) is 84.5 Å². The van der Waals surface area contributed by atoms with Crippen molar-refractivity contribution in [3.05, 3.63) is 82.7 Å². The summed E-state index contributed by atoms with van der Waals surface area (Å²) in [6, 6.07) is 20.0. The summed E-state index contributed by atoms with van der Waals surface area (Å²) in [4.78, 5) is 13.8. The second-order valence-electron chi connectivity index (χ2n) is 6.48. The van der Waals surface area contributed by atoms with Crippen LogP contribution < -0.4 is 0 Å². The maximum atomic E-state index is 12.8. The number of thioether (sulfide) groups is 1. The minimum Gasteiger partial charge on any atom is -0.293 e. The van der Waals surface area contributed by atoms with E-state index in [0.29, 0.717) is 10.9 Å². The highest BCUT2D eigenvalue weighted by molar-refractivity contribution is 7.99. The maximum absolute atomic E-state index is 12.8. The highest BCUT2D eigenvalue weighted by Gasteiger charge is 2.18. The smallest absolute Gasteiger partial charge is 0.196 e. The molecule has 0 atom stereocenters. The average molecular weight is 406 g/mol. The number of nitrogens with zero attached hydrogens (tertiary/aromatic N) is 3. The number of Topliss-reactive ketones (excluding diaryl/α,β-unsaturated/α-hetero) is 1. The number of ketones is 1. The number of carbonyl (C=O) groups is 1. The molecule has 2 aromatic heterocycles. The molecule has 0 saturated carbocycles. The van der Waals surface area contributed by atoms with Crippen molar-refractivity contribution in [1.82, 2.24) is 14.8 Å². The van der Waals surface area contributed by atoms with Crippen LogP contribution >= 0.6 is 23.1 Å². The van der Waals surface area contributed by atoms with Gasteiger partial charge in [-0.05, 0) is 43.0 Å². The molecule has 28 heavy (non-hydrogen) atoms. The number of carbonyl (C=O) groups excluding carboxylic acids is 1. The van der Waals surface area contributed by atoms with Crippen LogP contribution in [0, 0.1) is 13.8 Å². The molecule has 4 nitrogen and oxygen atoms in total. The Labute approximate surface area is 172 Å². The van der Waals surface area contributed by atoms with Gasteiger partial charge in [0.2, 0.25) is 0 Å². The van der Waals surface area contributed by atoms with Gasteiger partial charge in [0, 0.05) is 11.3 Å². The summed E-state index contributed by atoms with van der Waals surface area (Å²) in [7, 11) is 0. The van der Waals surface area contributed by atoms with Crippen molar-refractivity contribution in [2.24, 2.45) is 0 Å². The largest absolute Gasteiger partial charge is 0.293 e. The van der Waals surface area contributed by atoms with Crippen molar-refractivity contribution < 1.29 is 4.79 Å². The van der Waals surface area contributed by atoms with Gasteiger partial charge in [0.15, 0.2) is 16.8 Å².